The Bertz CT molecular complexity index is 1660. The van der Waals surface area contributed by atoms with E-state index in [9.17, 15) is 22.0 Å². The van der Waals surface area contributed by atoms with Crippen molar-refractivity contribution in [3.05, 3.63) is 106 Å². The van der Waals surface area contributed by atoms with Gasteiger partial charge in [-0.05, 0) is 66.3 Å². The van der Waals surface area contributed by atoms with Crippen LogP contribution in [0.15, 0.2) is 84.1 Å². The Morgan fingerprint density at radius 1 is 1.00 bits per heavy atom. The maximum atomic E-state index is 13.5. The second-order valence-corrected chi connectivity index (χ2v) is 12.2. The molecule has 5 rings (SSSR count). The fourth-order valence-corrected chi connectivity index (χ4v) is 6.07. The lowest BCUT2D eigenvalue weighted by atomic mass is 10.0. The molecule has 0 N–H and O–H groups in total. The van der Waals surface area contributed by atoms with Crippen LogP contribution >= 0.6 is 23.2 Å². The number of aromatic nitrogens is 2. The van der Waals surface area contributed by atoms with Gasteiger partial charge in [0.1, 0.15) is 11.8 Å². The van der Waals surface area contributed by atoms with Crippen LogP contribution in [0.2, 0.25) is 10.0 Å². The van der Waals surface area contributed by atoms with E-state index in [0.29, 0.717) is 23.7 Å². The van der Waals surface area contributed by atoms with Crippen LogP contribution in [0.1, 0.15) is 40.6 Å². The summed E-state index contributed by atoms with van der Waals surface area (Å²) in [5.74, 6) is -0.778. The van der Waals surface area contributed by atoms with Gasteiger partial charge in [0.25, 0.3) is 10.0 Å². The Kier molecular flexibility index (Phi) is 9.00. The highest BCUT2D eigenvalue weighted by Crippen LogP contribution is 2.38. The highest BCUT2D eigenvalue weighted by Gasteiger charge is 2.29. The molecule has 1 fully saturated rings. The molecule has 4 aromatic rings. The van der Waals surface area contributed by atoms with Crippen LogP contribution in [0.25, 0.3) is 0 Å². The van der Waals surface area contributed by atoms with Crippen LogP contribution in [-0.2, 0) is 21.2 Å². The molecule has 0 aliphatic heterocycles. The van der Waals surface area contributed by atoms with Crippen molar-refractivity contribution in [2.45, 2.75) is 36.9 Å². The molecule has 0 bridgehead atoms. The van der Waals surface area contributed by atoms with E-state index < -0.39 is 28.7 Å². The normalized spacial score (nSPS) is 14.0. The summed E-state index contributed by atoms with van der Waals surface area (Å²) in [4.78, 5) is 17.5. The van der Waals surface area contributed by atoms with Crippen molar-refractivity contribution in [2.75, 3.05) is 6.61 Å². The van der Waals surface area contributed by atoms with Gasteiger partial charge in [-0.15, -0.1) is 0 Å². The smallest absolute Gasteiger partial charge is 0.387 e. The van der Waals surface area contributed by atoms with Crippen molar-refractivity contribution in [3.63, 3.8) is 0 Å². The largest absolute Gasteiger partial charge is 0.489 e. The van der Waals surface area contributed by atoms with E-state index in [4.69, 9.17) is 32.7 Å². The van der Waals surface area contributed by atoms with Gasteiger partial charge in [-0.1, -0.05) is 47.5 Å². The highest BCUT2D eigenvalue weighted by molar-refractivity contribution is 7.90. The number of halogens is 4. The number of alkyl halides is 2. The number of carbonyl (C=O) groups excluding carboxylic acids is 1. The molecule has 2 heterocycles. The van der Waals surface area contributed by atoms with Crippen LogP contribution in [0, 0.1) is 5.92 Å². The van der Waals surface area contributed by atoms with E-state index in [1.54, 1.807) is 18.2 Å². The summed E-state index contributed by atoms with van der Waals surface area (Å²) in [6.45, 7) is -2.78. The quantitative estimate of drug-likeness (QED) is 0.155. The molecule has 8 nitrogen and oxygen atoms in total. The van der Waals surface area contributed by atoms with Gasteiger partial charge in [-0.25, -0.2) is 17.2 Å². The van der Waals surface area contributed by atoms with Gasteiger partial charge in [-0.3, -0.25) is 4.98 Å². The topological polar surface area (TPSA) is 96.7 Å². The lowest BCUT2D eigenvalue weighted by Gasteiger charge is -2.22. The lowest BCUT2D eigenvalue weighted by Crippen LogP contribution is -2.21. The zero-order valence-corrected chi connectivity index (χ0v) is 24.2. The van der Waals surface area contributed by atoms with Gasteiger partial charge in [-0.2, -0.15) is 8.78 Å². The standard InChI is InChI=1S/C29H24Cl2F2N2O6S/c30-22-15-34-16-23(31)21(22)14-26(19-10-11-25(41-29(32)33)27(13-19)39-17-18-8-9-18)40-28(36)24-7-4-12-35(24)42(37,38)20-5-2-1-3-6-20/h1-7,10-13,15-16,18,26,29H,8-9,14,17H2. The monoisotopic (exact) mass is 636 g/mol. The number of hydrogen-bond acceptors (Lipinski definition) is 7. The van der Waals surface area contributed by atoms with Crippen LogP contribution < -0.4 is 9.47 Å². The molecule has 1 aliphatic carbocycles. The van der Waals surface area contributed by atoms with Gasteiger partial charge >= 0.3 is 12.6 Å². The second-order valence-electron chi connectivity index (χ2n) is 9.53. The Morgan fingerprint density at radius 2 is 1.71 bits per heavy atom. The average Bonchev–Trinajstić information content (AvgIpc) is 3.65. The third-order valence-electron chi connectivity index (χ3n) is 6.54. The summed E-state index contributed by atoms with van der Waals surface area (Å²) in [5, 5.41) is 0.419. The van der Waals surface area contributed by atoms with E-state index in [1.807, 2.05) is 0 Å². The van der Waals surface area contributed by atoms with E-state index in [0.717, 1.165) is 16.8 Å². The van der Waals surface area contributed by atoms with Gasteiger partial charge in [0, 0.05) is 25.0 Å². The summed E-state index contributed by atoms with van der Waals surface area (Å²) in [7, 11) is -4.12. The zero-order valence-electron chi connectivity index (χ0n) is 21.8. The second kappa shape index (κ2) is 12.7. The molecule has 0 spiro atoms. The van der Waals surface area contributed by atoms with Crippen LogP contribution in [0.4, 0.5) is 8.78 Å². The van der Waals surface area contributed by atoms with Crippen molar-refractivity contribution in [1.29, 1.82) is 0 Å². The molecule has 0 amide bonds. The summed E-state index contributed by atoms with van der Waals surface area (Å²) >= 11 is 12.7. The number of hydrogen-bond donors (Lipinski definition) is 0. The summed E-state index contributed by atoms with van der Waals surface area (Å²) in [6, 6.07) is 14.5. The number of benzene rings is 2. The van der Waals surface area contributed by atoms with Crippen molar-refractivity contribution in [3.8, 4) is 11.5 Å². The molecule has 0 saturated heterocycles. The molecule has 1 unspecified atom stereocenters. The maximum absolute atomic E-state index is 13.5. The first-order chi connectivity index (χ1) is 20.1. The molecule has 2 aromatic heterocycles. The predicted octanol–water partition coefficient (Wildman–Crippen LogP) is 6.96. The Labute approximate surface area is 250 Å². The molecule has 13 heteroatoms. The van der Waals surface area contributed by atoms with Crippen LogP contribution in [0.3, 0.4) is 0 Å². The molecule has 2 aromatic carbocycles. The summed E-state index contributed by atoms with van der Waals surface area (Å²) in [6.07, 6.45) is 4.79. The van der Waals surface area contributed by atoms with Gasteiger partial charge in [0.05, 0.1) is 21.5 Å². The van der Waals surface area contributed by atoms with E-state index >= 15 is 0 Å². The molecular formula is C29H24Cl2F2N2O6S. The first kappa shape index (κ1) is 29.8. The van der Waals surface area contributed by atoms with Crippen LogP contribution in [0.5, 0.6) is 11.5 Å². The Hall–Kier alpha value is -3.67. The van der Waals surface area contributed by atoms with E-state index in [-0.39, 0.29) is 38.6 Å². The van der Waals surface area contributed by atoms with E-state index in [1.165, 1.54) is 61.1 Å². The predicted molar refractivity (Wildman–Crippen MR) is 151 cm³/mol. The number of ether oxygens (including phenoxy) is 3. The summed E-state index contributed by atoms with van der Waals surface area (Å²) < 4.78 is 69.9. The minimum Gasteiger partial charge on any atom is -0.489 e. The van der Waals surface area contributed by atoms with Gasteiger partial charge in [0.2, 0.25) is 0 Å². The van der Waals surface area contributed by atoms with Crippen molar-refractivity contribution in [2.24, 2.45) is 5.92 Å². The number of carbonyl (C=O) groups is 1. The third kappa shape index (κ3) is 6.86. The SMILES string of the molecule is O=C(OC(Cc1c(Cl)cncc1Cl)c1ccc(OC(F)F)c(OCC2CC2)c1)c1cccn1S(=O)(=O)c1ccccc1. The first-order valence-corrected chi connectivity index (χ1v) is 15.0. The molecule has 0 radical (unpaired) electrons. The van der Waals surface area contributed by atoms with Crippen molar-refractivity contribution >= 4 is 39.2 Å². The fourth-order valence-electron chi connectivity index (χ4n) is 4.20. The third-order valence-corrected chi connectivity index (χ3v) is 8.90. The number of pyridine rings is 1. The average molecular weight is 637 g/mol. The Morgan fingerprint density at radius 3 is 2.38 bits per heavy atom. The van der Waals surface area contributed by atoms with Gasteiger partial charge in [0.15, 0.2) is 11.5 Å². The number of rotatable bonds is 12. The fraction of sp³-hybridized carbons (Fsp3) is 0.241. The van der Waals surface area contributed by atoms with E-state index in [2.05, 4.69) is 9.72 Å². The first-order valence-electron chi connectivity index (χ1n) is 12.8. The van der Waals surface area contributed by atoms with Crippen LogP contribution in [-0.4, -0.2) is 36.6 Å². The molecule has 1 aliphatic rings. The Balaban J connectivity index is 1.51. The minimum atomic E-state index is -4.12. The molecule has 42 heavy (non-hydrogen) atoms. The highest BCUT2D eigenvalue weighted by atomic mass is 35.5. The molecule has 220 valence electrons. The molecular weight excluding hydrogens is 613 g/mol. The zero-order chi connectivity index (χ0) is 29.9. The molecule has 1 atom stereocenters. The molecule has 1 saturated carbocycles. The minimum absolute atomic E-state index is 0.0192. The van der Waals surface area contributed by atoms with Crippen molar-refractivity contribution in [1.82, 2.24) is 8.96 Å². The maximum Gasteiger partial charge on any atom is 0.387 e. The van der Waals surface area contributed by atoms with Crippen molar-refractivity contribution < 1.29 is 36.2 Å². The van der Waals surface area contributed by atoms with Gasteiger partial charge < -0.3 is 14.2 Å². The number of nitrogens with zero attached hydrogens (tertiary/aromatic N) is 2. The number of esters is 1. The lowest BCUT2D eigenvalue weighted by molar-refractivity contribution is -0.0515. The summed E-state index contributed by atoms with van der Waals surface area (Å²) in [5.41, 5.74) is 0.508.